The topological polar surface area (TPSA) is 74.6 Å². The number of hydrogen-bond acceptors (Lipinski definition) is 3. The van der Waals surface area contributed by atoms with Crippen molar-refractivity contribution in [2.75, 3.05) is 31.1 Å². The standard InChI is InChI=1S/C20H28N6O/c1-2-21-20(22-11-6-13-25-14-7-12-24-25)23-16-19(27)26-15-5-9-17-8-3-4-10-18(17)26/h3-4,7-8,10,12,14H,2,5-6,9,11,13,15-16H2,1H3,(H2,21,22,23). The number of carbonyl (C=O) groups excluding carboxylic acids is 1. The number of hydrogen-bond donors (Lipinski definition) is 2. The van der Waals surface area contributed by atoms with E-state index in [4.69, 9.17) is 0 Å². The zero-order valence-electron chi connectivity index (χ0n) is 15.9. The molecule has 2 N–H and O–H groups in total. The first kappa shape index (κ1) is 18.9. The molecule has 0 atom stereocenters. The van der Waals surface area contributed by atoms with Gasteiger partial charge in [-0.15, -0.1) is 0 Å². The van der Waals surface area contributed by atoms with Gasteiger partial charge in [-0.2, -0.15) is 5.10 Å². The third-order valence-electron chi connectivity index (χ3n) is 4.54. The maximum atomic E-state index is 12.7. The van der Waals surface area contributed by atoms with Gasteiger partial charge in [-0.25, -0.2) is 4.99 Å². The van der Waals surface area contributed by atoms with Crippen LogP contribution in [-0.2, 0) is 17.8 Å². The summed E-state index contributed by atoms with van der Waals surface area (Å²) in [5.41, 5.74) is 2.27. The molecule has 144 valence electrons. The number of nitrogens with one attached hydrogen (secondary N) is 2. The van der Waals surface area contributed by atoms with Crippen LogP contribution in [0.25, 0.3) is 0 Å². The van der Waals surface area contributed by atoms with Crippen LogP contribution in [0.2, 0.25) is 0 Å². The van der Waals surface area contributed by atoms with Crippen molar-refractivity contribution in [3.05, 3.63) is 48.3 Å². The summed E-state index contributed by atoms with van der Waals surface area (Å²) in [5.74, 6) is 0.715. The SMILES string of the molecule is CCNC(=NCC(=O)N1CCCc2ccccc21)NCCCn1cccn1. The van der Waals surface area contributed by atoms with E-state index in [0.717, 1.165) is 51.1 Å². The minimum absolute atomic E-state index is 0.0379. The second kappa shape index (κ2) is 9.75. The van der Waals surface area contributed by atoms with E-state index in [-0.39, 0.29) is 12.5 Å². The van der Waals surface area contributed by atoms with Crippen molar-refractivity contribution in [1.82, 2.24) is 20.4 Å². The van der Waals surface area contributed by atoms with Gasteiger partial charge in [0, 0.05) is 44.3 Å². The van der Waals surface area contributed by atoms with Gasteiger partial charge in [0.25, 0.3) is 0 Å². The number of carbonyl (C=O) groups is 1. The molecule has 2 aromatic rings. The number of amides is 1. The summed E-state index contributed by atoms with van der Waals surface area (Å²) in [4.78, 5) is 19.0. The van der Waals surface area contributed by atoms with E-state index >= 15 is 0 Å². The second-order valence-electron chi connectivity index (χ2n) is 6.52. The number of rotatable bonds is 7. The minimum atomic E-state index is 0.0379. The molecule has 0 spiro atoms. The zero-order chi connectivity index (χ0) is 18.9. The summed E-state index contributed by atoms with van der Waals surface area (Å²) in [6.45, 7) is 5.30. The monoisotopic (exact) mass is 368 g/mol. The Morgan fingerprint density at radius 3 is 2.96 bits per heavy atom. The summed E-state index contributed by atoms with van der Waals surface area (Å²) < 4.78 is 1.91. The van der Waals surface area contributed by atoms with Crippen molar-refractivity contribution < 1.29 is 4.79 Å². The summed E-state index contributed by atoms with van der Waals surface area (Å²) in [5, 5.41) is 10.7. The van der Waals surface area contributed by atoms with Gasteiger partial charge in [0.05, 0.1) is 0 Å². The molecule has 27 heavy (non-hydrogen) atoms. The van der Waals surface area contributed by atoms with Crippen LogP contribution in [0.4, 0.5) is 5.69 Å². The van der Waals surface area contributed by atoms with Gasteiger partial charge < -0.3 is 15.5 Å². The van der Waals surface area contributed by atoms with Crippen LogP contribution in [0.15, 0.2) is 47.7 Å². The van der Waals surface area contributed by atoms with Gasteiger partial charge in [-0.05, 0) is 43.9 Å². The Bertz CT molecular complexity index is 756. The Morgan fingerprint density at radius 1 is 1.26 bits per heavy atom. The maximum absolute atomic E-state index is 12.7. The fraction of sp³-hybridized carbons (Fsp3) is 0.450. The van der Waals surface area contributed by atoms with Crippen molar-refractivity contribution in [3.63, 3.8) is 0 Å². The van der Waals surface area contributed by atoms with E-state index in [0.29, 0.717) is 5.96 Å². The molecule has 1 aliphatic heterocycles. The van der Waals surface area contributed by atoms with Crippen molar-refractivity contribution in [3.8, 4) is 0 Å². The van der Waals surface area contributed by atoms with E-state index in [1.807, 2.05) is 47.0 Å². The second-order valence-corrected chi connectivity index (χ2v) is 6.52. The Labute approximate surface area is 160 Å². The van der Waals surface area contributed by atoms with Crippen LogP contribution in [0.5, 0.6) is 0 Å². The van der Waals surface area contributed by atoms with Crippen molar-refractivity contribution in [1.29, 1.82) is 0 Å². The molecule has 1 aromatic heterocycles. The molecular formula is C20H28N6O. The van der Waals surface area contributed by atoms with Crippen molar-refractivity contribution in [2.45, 2.75) is 32.7 Å². The Morgan fingerprint density at radius 2 is 2.15 bits per heavy atom. The fourth-order valence-corrected chi connectivity index (χ4v) is 3.25. The summed E-state index contributed by atoms with van der Waals surface area (Å²) in [7, 11) is 0. The van der Waals surface area contributed by atoms with Gasteiger partial charge >= 0.3 is 0 Å². The van der Waals surface area contributed by atoms with E-state index in [1.165, 1.54) is 5.56 Å². The molecule has 3 rings (SSSR count). The molecule has 7 heteroatoms. The van der Waals surface area contributed by atoms with Crippen molar-refractivity contribution >= 4 is 17.6 Å². The highest BCUT2D eigenvalue weighted by Gasteiger charge is 2.21. The van der Waals surface area contributed by atoms with E-state index < -0.39 is 0 Å². The summed E-state index contributed by atoms with van der Waals surface area (Å²) in [6.07, 6.45) is 6.69. The predicted octanol–water partition coefficient (Wildman–Crippen LogP) is 1.81. The fourth-order valence-electron chi connectivity index (χ4n) is 3.25. The molecule has 0 radical (unpaired) electrons. The number of benzene rings is 1. The lowest BCUT2D eigenvalue weighted by molar-refractivity contribution is -0.117. The number of fused-ring (bicyclic) bond motifs is 1. The molecule has 0 aliphatic carbocycles. The molecule has 1 amide bonds. The lowest BCUT2D eigenvalue weighted by Gasteiger charge is -2.29. The molecule has 0 saturated heterocycles. The number of aliphatic imine (C=N–C) groups is 1. The lowest BCUT2D eigenvalue weighted by atomic mass is 10.0. The van der Waals surface area contributed by atoms with Crippen LogP contribution in [-0.4, -0.2) is 47.8 Å². The number of guanidine groups is 1. The highest BCUT2D eigenvalue weighted by molar-refractivity contribution is 5.97. The summed E-state index contributed by atoms with van der Waals surface area (Å²) in [6, 6.07) is 10.1. The molecule has 0 saturated carbocycles. The Kier molecular flexibility index (Phi) is 6.84. The molecule has 0 bridgehead atoms. The van der Waals surface area contributed by atoms with E-state index in [1.54, 1.807) is 6.20 Å². The van der Waals surface area contributed by atoms with Gasteiger partial charge in [-0.1, -0.05) is 18.2 Å². The van der Waals surface area contributed by atoms with Gasteiger partial charge in [-0.3, -0.25) is 9.48 Å². The first-order chi connectivity index (χ1) is 13.3. The molecular weight excluding hydrogens is 340 g/mol. The maximum Gasteiger partial charge on any atom is 0.248 e. The predicted molar refractivity (Wildman–Crippen MR) is 108 cm³/mol. The number of aryl methyl sites for hydroxylation is 2. The van der Waals surface area contributed by atoms with Crippen LogP contribution >= 0.6 is 0 Å². The number of anilines is 1. The van der Waals surface area contributed by atoms with E-state index in [2.05, 4.69) is 26.8 Å². The van der Waals surface area contributed by atoms with Gasteiger partial charge in [0.15, 0.2) is 5.96 Å². The average Bonchev–Trinajstić information content (AvgIpc) is 3.22. The molecule has 1 aromatic carbocycles. The lowest BCUT2D eigenvalue weighted by Crippen LogP contribution is -2.41. The van der Waals surface area contributed by atoms with Gasteiger partial charge in [0.1, 0.15) is 6.54 Å². The zero-order valence-corrected chi connectivity index (χ0v) is 15.9. The minimum Gasteiger partial charge on any atom is -0.357 e. The van der Waals surface area contributed by atoms with Gasteiger partial charge in [0.2, 0.25) is 5.91 Å². The first-order valence-electron chi connectivity index (χ1n) is 9.66. The highest BCUT2D eigenvalue weighted by atomic mass is 16.2. The normalized spacial score (nSPS) is 14.0. The molecule has 0 fully saturated rings. The quantitative estimate of drug-likeness (QED) is 0.444. The number of aromatic nitrogens is 2. The number of para-hydroxylation sites is 1. The third-order valence-corrected chi connectivity index (χ3v) is 4.54. The smallest absolute Gasteiger partial charge is 0.248 e. The highest BCUT2D eigenvalue weighted by Crippen LogP contribution is 2.26. The first-order valence-corrected chi connectivity index (χ1v) is 9.66. The number of nitrogens with zero attached hydrogens (tertiary/aromatic N) is 4. The molecule has 7 nitrogen and oxygen atoms in total. The Balaban J connectivity index is 1.52. The molecule has 1 aliphatic rings. The average molecular weight is 368 g/mol. The van der Waals surface area contributed by atoms with Crippen molar-refractivity contribution in [2.24, 2.45) is 4.99 Å². The molecule has 2 heterocycles. The van der Waals surface area contributed by atoms with Crippen LogP contribution in [0.1, 0.15) is 25.3 Å². The summed E-state index contributed by atoms with van der Waals surface area (Å²) >= 11 is 0. The van der Waals surface area contributed by atoms with Crippen LogP contribution < -0.4 is 15.5 Å². The van der Waals surface area contributed by atoms with Crippen LogP contribution in [0, 0.1) is 0 Å². The third kappa shape index (κ3) is 5.32. The molecule has 0 unspecified atom stereocenters. The van der Waals surface area contributed by atoms with E-state index in [9.17, 15) is 4.79 Å². The Hall–Kier alpha value is -2.83. The largest absolute Gasteiger partial charge is 0.357 e. The van der Waals surface area contributed by atoms with Crippen LogP contribution in [0.3, 0.4) is 0 Å².